The van der Waals surface area contributed by atoms with Crippen molar-refractivity contribution in [2.45, 2.75) is 116 Å². The fraction of sp³-hybridized carbons (Fsp3) is 0.667. The summed E-state index contributed by atoms with van der Waals surface area (Å²) in [6, 6.07) is 4.58. The van der Waals surface area contributed by atoms with Crippen LogP contribution in [0.1, 0.15) is 127 Å². The van der Waals surface area contributed by atoms with E-state index in [4.69, 9.17) is 28.9 Å². The number of ether oxygens (including phenoxy) is 4. The predicted octanol–water partition coefficient (Wildman–Crippen LogP) is 9.79. The van der Waals surface area contributed by atoms with Gasteiger partial charge >= 0.3 is 0 Å². The van der Waals surface area contributed by atoms with Crippen molar-refractivity contribution in [1.29, 1.82) is 0 Å². The predicted molar refractivity (Wildman–Crippen MR) is 177 cm³/mol. The van der Waals surface area contributed by atoms with Gasteiger partial charge in [-0.25, -0.2) is 9.97 Å². The van der Waals surface area contributed by atoms with E-state index >= 15 is 0 Å². The average Bonchev–Trinajstić information content (AvgIpc) is 3.83. The van der Waals surface area contributed by atoms with Crippen molar-refractivity contribution >= 4 is 22.7 Å². The quantitative estimate of drug-likeness (QED) is 0.197. The van der Waals surface area contributed by atoms with Crippen LogP contribution < -0.4 is 0 Å². The maximum Gasteiger partial charge on any atom is 0.242 e. The maximum absolute atomic E-state index is 6.96. The van der Waals surface area contributed by atoms with Crippen LogP contribution in [0.15, 0.2) is 23.2 Å². The summed E-state index contributed by atoms with van der Waals surface area (Å²) in [6.07, 6.45) is 14.1. The standard InChI is InChI=1S/C36H48N2O4S2/c1-5-9-13-33(14-10-6-2)19-39-35(40-20-33)27-17-26-28(18-25(27)29-31(35)37-23-43-29)36(32-30(26)44-24-38-32)41-21-34(22-42-36,15-11-7-3)16-12-8-4/h17-18,23-24H,5-16,19-22H2,1-4H3. The summed E-state index contributed by atoms with van der Waals surface area (Å²) in [5.41, 5.74) is 10.2. The first kappa shape index (κ1) is 30.9. The first-order chi connectivity index (χ1) is 21.5. The molecule has 8 heteroatoms. The fourth-order valence-corrected chi connectivity index (χ4v) is 9.64. The van der Waals surface area contributed by atoms with Crippen LogP contribution in [0.5, 0.6) is 0 Å². The van der Waals surface area contributed by atoms with Crippen molar-refractivity contribution in [3.63, 3.8) is 0 Å². The SMILES string of the molecule is CCCCC1(CCCC)COC2(OC1)c1cc3c(cc1-c1scnc12)C1(OCC(CCCC)(CCCC)CO1)c1ncsc1-3. The van der Waals surface area contributed by atoms with E-state index < -0.39 is 11.6 Å². The van der Waals surface area contributed by atoms with Gasteiger partial charge in [0.2, 0.25) is 11.6 Å². The van der Waals surface area contributed by atoms with Gasteiger partial charge in [-0.15, -0.1) is 22.7 Å². The van der Waals surface area contributed by atoms with Crippen molar-refractivity contribution in [3.8, 4) is 20.9 Å². The van der Waals surface area contributed by atoms with Crippen LogP contribution in [0.3, 0.4) is 0 Å². The molecule has 0 bridgehead atoms. The molecule has 44 heavy (non-hydrogen) atoms. The molecule has 3 aromatic rings. The van der Waals surface area contributed by atoms with Gasteiger partial charge in [0.25, 0.3) is 0 Å². The molecule has 2 spiro atoms. The molecule has 2 aromatic heterocycles. The normalized spacial score (nSPS) is 21.4. The molecular weight excluding hydrogens is 589 g/mol. The summed E-state index contributed by atoms with van der Waals surface area (Å²) < 4.78 is 27.9. The number of hydrogen-bond donors (Lipinski definition) is 0. The minimum Gasteiger partial charge on any atom is -0.340 e. The van der Waals surface area contributed by atoms with E-state index in [1.165, 1.54) is 51.4 Å². The second-order valence-electron chi connectivity index (χ2n) is 13.8. The van der Waals surface area contributed by atoms with Crippen LogP contribution in [0.25, 0.3) is 20.9 Å². The molecule has 238 valence electrons. The van der Waals surface area contributed by atoms with E-state index in [1.807, 2.05) is 11.0 Å². The summed E-state index contributed by atoms with van der Waals surface area (Å²) in [6.45, 7) is 11.9. The third-order valence-corrected chi connectivity index (χ3v) is 12.4. The van der Waals surface area contributed by atoms with Gasteiger partial charge in [-0.3, -0.25) is 0 Å². The summed E-state index contributed by atoms with van der Waals surface area (Å²) in [5.74, 6) is -1.93. The number of nitrogens with zero attached hydrogens (tertiary/aromatic N) is 2. The number of fused-ring (bicyclic) bond motifs is 10. The lowest BCUT2D eigenvalue weighted by atomic mass is 9.78. The highest BCUT2D eigenvalue weighted by atomic mass is 32.1. The summed E-state index contributed by atoms with van der Waals surface area (Å²) in [5, 5.41) is 0. The van der Waals surface area contributed by atoms with Crippen molar-refractivity contribution in [2.24, 2.45) is 10.8 Å². The number of thiazole rings is 2. The summed E-state index contributed by atoms with van der Waals surface area (Å²) >= 11 is 3.34. The molecule has 2 aliphatic carbocycles. The molecule has 2 aliphatic heterocycles. The van der Waals surface area contributed by atoms with E-state index in [2.05, 4.69) is 39.8 Å². The molecule has 2 saturated heterocycles. The number of aromatic nitrogens is 2. The second-order valence-corrected chi connectivity index (χ2v) is 15.5. The minimum atomic E-state index is -0.966. The Balaban J connectivity index is 1.25. The molecule has 0 atom stereocenters. The largest absolute Gasteiger partial charge is 0.340 e. The van der Waals surface area contributed by atoms with Crippen LogP contribution in [0, 0.1) is 10.8 Å². The molecule has 0 N–H and O–H groups in total. The summed E-state index contributed by atoms with van der Waals surface area (Å²) in [7, 11) is 0. The molecule has 4 heterocycles. The molecule has 0 unspecified atom stereocenters. The van der Waals surface area contributed by atoms with E-state index in [-0.39, 0.29) is 10.8 Å². The second kappa shape index (κ2) is 12.2. The van der Waals surface area contributed by atoms with Gasteiger partial charge < -0.3 is 18.9 Å². The van der Waals surface area contributed by atoms with Crippen LogP contribution >= 0.6 is 22.7 Å². The van der Waals surface area contributed by atoms with Gasteiger partial charge in [-0.2, -0.15) is 0 Å². The molecule has 0 saturated carbocycles. The third kappa shape index (κ3) is 4.77. The van der Waals surface area contributed by atoms with E-state index in [1.54, 1.807) is 22.7 Å². The molecule has 6 nitrogen and oxygen atoms in total. The first-order valence-corrected chi connectivity index (χ1v) is 18.9. The zero-order valence-corrected chi connectivity index (χ0v) is 28.6. The highest BCUT2D eigenvalue weighted by Gasteiger charge is 2.58. The van der Waals surface area contributed by atoms with Crippen LogP contribution in [-0.2, 0) is 30.5 Å². The Kier molecular flexibility index (Phi) is 8.55. The lowest BCUT2D eigenvalue weighted by Gasteiger charge is -2.46. The van der Waals surface area contributed by atoms with Gasteiger partial charge in [-0.05, 0) is 37.8 Å². The average molecular weight is 637 g/mol. The highest BCUT2D eigenvalue weighted by Crippen LogP contribution is 2.61. The Bertz CT molecular complexity index is 1330. The monoisotopic (exact) mass is 636 g/mol. The zero-order valence-electron chi connectivity index (χ0n) is 27.0. The van der Waals surface area contributed by atoms with Crippen LogP contribution in [-0.4, -0.2) is 36.4 Å². The van der Waals surface area contributed by atoms with E-state index in [0.717, 1.165) is 69.1 Å². The summed E-state index contributed by atoms with van der Waals surface area (Å²) in [4.78, 5) is 12.0. The van der Waals surface area contributed by atoms with Gasteiger partial charge in [-0.1, -0.05) is 79.1 Å². The van der Waals surface area contributed by atoms with Crippen LogP contribution in [0.4, 0.5) is 0 Å². The van der Waals surface area contributed by atoms with Crippen molar-refractivity contribution < 1.29 is 18.9 Å². The Morgan fingerprint density at radius 3 is 1.23 bits per heavy atom. The number of hydrogen-bond acceptors (Lipinski definition) is 8. The van der Waals surface area contributed by atoms with Gasteiger partial charge in [0.05, 0.1) is 47.2 Å². The Hall–Kier alpha value is -1.68. The first-order valence-electron chi connectivity index (χ1n) is 17.1. The third-order valence-electron chi connectivity index (χ3n) is 10.7. The Morgan fingerprint density at radius 1 is 0.568 bits per heavy atom. The maximum atomic E-state index is 6.96. The van der Waals surface area contributed by atoms with Gasteiger partial charge in [0, 0.05) is 33.1 Å². The molecule has 1 aromatic carbocycles. The smallest absolute Gasteiger partial charge is 0.242 e. The molecule has 7 rings (SSSR count). The topological polar surface area (TPSA) is 62.7 Å². The number of unbranched alkanes of at least 4 members (excludes halogenated alkanes) is 4. The molecule has 4 aliphatic rings. The highest BCUT2D eigenvalue weighted by molar-refractivity contribution is 7.14. The minimum absolute atomic E-state index is 0.0632. The molecular formula is C36H48N2O4S2. The fourth-order valence-electron chi connectivity index (χ4n) is 7.92. The van der Waals surface area contributed by atoms with Crippen molar-refractivity contribution in [3.05, 3.63) is 45.7 Å². The van der Waals surface area contributed by atoms with Crippen molar-refractivity contribution in [2.75, 3.05) is 26.4 Å². The lowest BCUT2D eigenvalue weighted by molar-refractivity contribution is -0.293. The van der Waals surface area contributed by atoms with E-state index in [0.29, 0.717) is 26.4 Å². The molecule has 0 amide bonds. The number of benzene rings is 1. The molecule has 2 fully saturated rings. The molecule has 0 radical (unpaired) electrons. The van der Waals surface area contributed by atoms with Crippen molar-refractivity contribution in [1.82, 2.24) is 9.97 Å². The number of rotatable bonds is 12. The van der Waals surface area contributed by atoms with E-state index in [9.17, 15) is 0 Å². The van der Waals surface area contributed by atoms with Gasteiger partial charge in [0.1, 0.15) is 11.4 Å². The Labute approximate surface area is 270 Å². The van der Waals surface area contributed by atoms with Gasteiger partial charge in [0.15, 0.2) is 0 Å². The zero-order chi connectivity index (χ0) is 30.4. The lowest BCUT2D eigenvalue weighted by Crippen LogP contribution is -2.48. The Morgan fingerprint density at radius 2 is 0.909 bits per heavy atom. The van der Waals surface area contributed by atoms with Crippen LogP contribution in [0.2, 0.25) is 0 Å².